The molecule has 0 bridgehead atoms. The fourth-order valence-corrected chi connectivity index (χ4v) is 2.43. The van der Waals surface area contributed by atoms with Gasteiger partial charge in [0.05, 0.1) is 28.0 Å². The summed E-state index contributed by atoms with van der Waals surface area (Å²) >= 11 is 1.52. The zero-order valence-electron chi connectivity index (χ0n) is 9.23. The van der Waals surface area contributed by atoms with Crippen molar-refractivity contribution in [2.75, 3.05) is 12.8 Å². The lowest BCUT2D eigenvalue weighted by Gasteiger charge is -1.96. The third-order valence-electron chi connectivity index (χ3n) is 2.55. The van der Waals surface area contributed by atoms with Crippen LogP contribution in [0.2, 0.25) is 0 Å². The number of aromatic nitrogens is 2. The molecule has 0 aliphatic heterocycles. The zero-order valence-corrected chi connectivity index (χ0v) is 10.0. The summed E-state index contributed by atoms with van der Waals surface area (Å²) in [6, 6.07) is 9.62. The summed E-state index contributed by atoms with van der Waals surface area (Å²) in [6.45, 7) is 0. The molecule has 0 unspecified atom stereocenters. The van der Waals surface area contributed by atoms with Crippen LogP contribution in [0.1, 0.15) is 0 Å². The van der Waals surface area contributed by atoms with E-state index in [2.05, 4.69) is 9.97 Å². The molecule has 3 aromatic rings. The first-order chi connectivity index (χ1) is 8.26. The van der Waals surface area contributed by atoms with E-state index in [1.54, 1.807) is 7.11 Å². The quantitative estimate of drug-likeness (QED) is 0.729. The molecule has 0 radical (unpaired) electrons. The number of nitrogens with one attached hydrogen (secondary N) is 1. The lowest BCUT2D eigenvalue weighted by Crippen LogP contribution is -1.81. The molecule has 3 N–H and O–H groups in total. The van der Waals surface area contributed by atoms with Crippen molar-refractivity contribution in [3.8, 4) is 16.5 Å². The van der Waals surface area contributed by atoms with Crippen molar-refractivity contribution in [1.82, 2.24) is 9.97 Å². The van der Waals surface area contributed by atoms with Gasteiger partial charge in [0.25, 0.3) is 0 Å². The highest BCUT2D eigenvalue weighted by atomic mass is 32.1. The van der Waals surface area contributed by atoms with E-state index in [0.29, 0.717) is 0 Å². The lowest BCUT2D eigenvalue weighted by atomic mass is 10.3. The van der Waals surface area contributed by atoms with Crippen LogP contribution in [-0.2, 0) is 0 Å². The number of ether oxygens (including phenoxy) is 1. The predicted octanol–water partition coefficient (Wildman–Crippen LogP) is 2.88. The maximum atomic E-state index is 5.71. The summed E-state index contributed by atoms with van der Waals surface area (Å²) in [5.41, 5.74) is 7.60. The zero-order chi connectivity index (χ0) is 11.8. The Morgan fingerprint density at radius 1 is 1.29 bits per heavy atom. The smallest absolute Gasteiger partial charge is 0.148 e. The highest BCUT2D eigenvalue weighted by molar-refractivity contribution is 7.19. The van der Waals surface area contributed by atoms with Crippen LogP contribution in [0.4, 0.5) is 5.00 Å². The fourth-order valence-electron chi connectivity index (χ4n) is 1.71. The molecule has 0 aliphatic rings. The first-order valence-corrected chi connectivity index (χ1v) is 5.97. The predicted molar refractivity (Wildman–Crippen MR) is 70.4 cm³/mol. The van der Waals surface area contributed by atoms with E-state index in [0.717, 1.165) is 32.5 Å². The van der Waals surface area contributed by atoms with Crippen molar-refractivity contribution >= 4 is 27.4 Å². The number of nitrogens with zero attached hydrogens (tertiary/aromatic N) is 1. The summed E-state index contributed by atoms with van der Waals surface area (Å²) in [4.78, 5) is 8.82. The summed E-state index contributed by atoms with van der Waals surface area (Å²) in [7, 11) is 1.65. The minimum Gasteiger partial charge on any atom is -0.497 e. The maximum Gasteiger partial charge on any atom is 0.148 e. The van der Waals surface area contributed by atoms with Gasteiger partial charge in [-0.2, -0.15) is 0 Å². The van der Waals surface area contributed by atoms with Gasteiger partial charge in [-0.1, -0.05) is 0 Å². The van der Waals surface area contributed by atoms with Gasteiger partial charge in [-0.15, -0.1) is 11.3 Å². The lowest BCUT2D eigenvalue weighted by molar-refractivity contribution is 0.415. The molecule has 17 heavy (non-hydrogen) atoms. The fraction of sp³-hybridized carbons (Fsp3) is 0.0833. The molecule has 0 amide bonds. The molecule has 1 aromatic carbocycles. The van der Waals surface area contributed by atoms with Crippen LogP contribution in [0.25, 0.3) is 21.7 Å². The van der Waals surface area contributed by atoms with E-state index in [-0.39, 0.29) is 0 Å². The Morgan fingerprint density at radius 3 is 2.88 bits per heavy atom. The average Bonchev–Trinajstić information content (AvgIpc) is 2.93. The van der Waals surface area contributed by atoms with Gasteiger partial charge in [-0.3, -0.25) is 0 Å². The molecular formula is C12H11N3OS. The number of methoxy groups -OCH3 is 1. The number of anilines is 1. The molecule has 5 heteroatoms. The van der Waals surface area contributed by atoms with Gasteiger partial charge in [0.15, 0.2) is 0 Å². The van der Waals surface area contributed by atoms with Crippen molar-refractivity contribution in [3.05, 3.63) is 30.3 Å². The number of imidazole rings is 1. The van der Waals surface area contributed by atoms with Gasteiger partial charge in [0.1, 0.15) is 11.6 Å². The molecule has 2 heterocycles. The van der Waals surface area contributed by atoms with E-state index in [9.17, 15) is 0 Å². The van der Waals surface area contributed by atoms with Crippen molar-refractivity contribution in [2.45, 2.75) is 0 Å². The monoisotopic (exact) mass is 245 g/mol. The van der Waals surface area contributed by atoms with Crippen LogP contribution < -0.4 is 10.5 Å². The van der Waals surface area contributed by atoms with E-state index in [4.69, 9.17) is 10.5 Å². The number of thiophene rings is 1. The van der Waals surface area contributed by atoms with Gasteiger partial charge < -0.3 is 15.5 Å². The van der Waals surface area contributed by atoms with Crippen LogP contribution in [0.3, 0.4) is 0 Å². The van der Waals surface area contributed by atoms with Gasteiger partial charge in [0, 0.05) is 6.07 Å². The first kappa shape index (κ1) is 10.2. The van der Waals surface area contributed by atoms with Crippen molar-refractivity contribution in [2.24, 2.45) is 0 Å². The molecule has 0 aliphatic carbocycles. The molecule has 0 saturated carbocycles. The highest BCUT2D eigenvalue weighted by Crippen LogP contribution is 2.29. The van der Waals surface area contributed by atoms with Gasteiger partial charge in [-0.05, 0) is 24.3 Å². The largest absolute Gasteiger partial charge is 0.497 e. The van der Waals surface area contributed by atoms with E-state index >= 15 is 0 Å². The number of nitrogen functional groups attached to an aromatic ring is 1. The number of H-pyrrole nitrogens is 1. The number of nitrogens with two attached hydrogens (primary N) is 1. The molecule has 0 fully saturated rings. The molecule has 2 aromatic heterocycles. The van der Waals surface area contributed by atoms with Crippen molar-refractivity contribution in [3.63, 3.8) is 0 Å². The van der Waals surface area contributed by atoms with Crippen molar-refractivity contribution < 1.29 is 4.74 Å². The number of benzene rings is 1. The number of fused-ring (bicyclic) bond motifs is 1. The maximum absolute atomic E-state index is 5.71. The summed E-state index contributed by atoms with van der Waals surface area (Å²) < 4.78 is 5.18. The Labute approximate surface area is 102 Å². The molecule has 4 nitrogen and oxygen atoms in total. The minimum absolute atomic E-state index is 0.790. The first-order valence-electron chi connectivity index (χ1n) is 5.16. The Balaban J connectivity index is 2.13. The molecule has 0 atom stereocenters. The Kier molecular flexibility index (Phi) is 2.26. The standard InChI is InChI=1S/C12H11N3OS/c1-16-7-2-3-8-9(6-7)15-12(14-8)10-4-5-11(13)17-10/h2-6H,13H2,1H3,(H,14,15). The number of hydrogen-bond acceptors (Lipinski definition) is 4. The number of aromatic amines is 1. The van der Waals surface area contributed by atoms with Crippen LogP contribution in [-0.4, -0.2) is 17.1 Å². The van der Waals surface area contributed by atoms with Crippen LogP contribution in [0.15, 0.2) is 30.3 Å². The molecule has 0 saturated heterocycles. The second kappa shape index (κ2) is 3.78. The third-order valence-corrected chi connectivity index (χ3v) is 3.47. The topological polar surface area (TPSA) is 63.9 Å². The van der Waals surface area contributed by atoms with Crippen LogP contribution in [0.5, 0.6) is 5.75 Å². The SMILES string of the molecule is COc1ccc2nc(-c3ccc(N)s3)[nH]c2c1. The van der Waals surface area contributed by atoms with E-state index in [1.165, 1.54) is 11.3 Å². The van der Waals surface area contributed by atoms with Crippen LogP contribution in [0, 0.1) is 0 Å². The number of rotatable bonds is 2. The normalized spacial score (nSPS) is 10.9. The van der Waals surface area contributed by atoms with Gasteiger partial charge >= 0.3 is 0 Å². The molecule has 3 rings (SSSR count). The molecule has 0 spiro atoms. The van der Waals surface area contributed by atoms with E-state index in [1.807, 2.05) is 30.3 Å². The van der Waals surface area contributed by atoms with Gasteiger partial charge in [-0.25, -0.2) is 4.98 Å². The second-order valence-electron chi connectivity index (χ2n) is 3.67. The van der Waals surface area contributed by atoms with Gasteiger partial charge in [0.2, 0.25) is 0 Å². The van der Waals surface area contributed by atoms with Crippen LogP contribution >= 0.6 is 11.3 Å². The highest BCUT2D eigenvalue weighted by Gasteiger charge is 2.07. The van der Waals surface area contributed by atoms with E-state index < -0.39 is 0 Å². The Bertz CT molecular complexity index is 671. The third kappa shape index (κ3) is 1.74. The Morgan fingerprint density at radius 2 is 2.18 bits per heavy atom. The second-order valence-corrected chi connectivity index (χ2v) is 4.79. The summed E-state index contributed by atoms with van der Waals surface area (Å²) in [5.74, 6) is 1.66. The summed E-state index contributed by atoms with van der Waals surface area (Å²) in [5, 5.41) is 0.790. The minimum atomic E-state index is 0.790. The summed E-state index contributed by atoms with van der Waals surface area (Å²) in [6.07, 6.45) is 0. The van der Waals surface area contributed by atoms with Crippen molar-refractivity contribution in [1.29, 1.82) is 0 Å². The molecule has 86 valence electrons. The number of hydrogen-bond donors (Lipinski definition) is 2. The Hall–Kier alpha value is -2.01. The molecular weight excluding hydrogens is 234 g/mol. The average molecular weight is 245 g/mol.